The van der Waals surface area contributed by atoms with Crippen LogP contribution in [0.15, 0.2) is 30.6 Å². The largest absolute Gasteiger partial charge is 0.497 e. The van der Waals surface area contributed by atoms with Gasteiger partial charge in [-0.1, -0.05) is 0 Å². The third-order valence-corrected chi connectivity index (χ3v) is 2.99. The van der Waals surface area contributed by atoms with Crippen molar-refractivity contribution in [2.45, 2.75) is 13.0 Å². The van der Waals surface area contributed by atoms with E-state index < -0.39 is 0 Å². The van der Waals surface area contributed by atoms with Crippen molar-refractivity contribution in [3.63, 3.8) is 0 Å². The van der Waals surface area contributed by atoms with E-state index in [4.69, 9.17) is 15.2 Å². The molecule has 2 N–H and O–H groups in total. The smallest absolute Gasteiger partial charge is 0.124 e. The zero-order valence-corrected chi connectivity index (χ0v) is 11.3. The maximum atomic E-state index is 5.77. The highest BCUT2D eigenvalue weighted by molar-refractivity contribution is 5.40. The fraction of sp³-hybridized carbons (Fsp3) is 0.357. The molecule has 19 heavy (non-hydrogen) atoms. The third kappa shape index (κ3) is 3.26. The van der Waals surface area contributed by atoms with Gasteiger partial charge in [0.05, 0.1) is 13.7 Å². The molecule has 0 fully saturated rings. The summed E-state index contributed by atoms with van der Waals surface area (Å²) in [6.07, 6.45) is 4.47. The number of hydrogen-bond acceptors (Lipinski definition) is 4. The van der Waals surface area contributed by atoms with E-state index in [0.29, 0.717) is 13.2 Å². The van der Waals surface area contributed by atoms with Crippen molar-refractivity contribution in [3.8, 4) is 11.5 Å². The number of nitrogens with two attached hydrogens (primary N) is 1. The van der Waals surface area contributed by atoms with Gasteiger partial charge in [0, 0.05) is 38.0 Å². The molecule has 0 unspecified atom stereocenters. The lowest BCUT2D eigenvalue weighted by atomic mass is 10.2. The number of hydrogen-bond donors (Lipinski definition) is 1. The number of nitrogens with zero attached hydrogens (tertiary/aromatic N) is 2. The van der Waals surface area contributed by atoms with E-state index in [1.54, 1.807) is 13.3 Å². The van der Waals surface area contributed by atoms with Gasteiger partial charge in [-0.3, -0.25) is 0 Å². The average Bonchev–Trinajstić information content (AvgIpc) is 2.84. The quantitative estimate of drug-likeness (QED) is 0.856. The van der Waals surface area contributed by atoms with Crippen LogP contribution in [0.2, 0.25) is 0 Å². The van der Waals surface area contributed by atoms with Crippen molar-refractivity contribution in [3.05, 3.63) is 42.0 Å². The molecule has 0 amide bonds. The second kappa shape index (κ2) is 6.24. The molecule has 0 saturated heterocycles. The predicted molar refractivity (Wildman–Crippen MR) is 73.3 cm³/mol. The summed E-state index contributed by atoms with van der Waals surface area (Å²) in [6, 6.07) is 5.66. The molecule has 0 radical (unpaired) electrons. The maximum absolute atomic E-state index is 5.77. The van der Waals surface area contributed by atoms with Gasteiger partial charge in [-0.05, 0) is 18.2 Å². The highest BCUT2D eigenvalue weighted by atomic mass is 16.5. The number of benzene rings is 1. The summed E-state index contributed by atoms with van der Waals surface area (Å²) in [7, 11) is 3.61. The summed E-state index contributed by atoms with van der Waals surface area (Å²) in [5.74, 6) is 2.59. The van der Waals surface area contributed by atoms with Gasteiger partial charge in [-0.15, -0.1) is 0 Å². The lowest BCUT2D eigenvalue weighted by Gasteiger charge is -2.11. The van der Waals surface area contributed by atoms with Crippen molar-refractivity contribution in [2.75, 3.05) is 13.7 Å². The van der Waals surface area contributed by atoms with E-state index in [9.17, 15) is 0 Å². The average molecular weight is 261 g/mol. The van der Waals surface area contributed by atoms with Crippen LogP contribution < -0.4 is 15.2 Å². The molecular formula is C14H19N3O2. The number of ether oxygens (including phenoxy) is 2. The van der Waals surface area contributed by atoms with Crippen LogP contribution >= 0.6 is 0 Å². The molecule has 0 spiro atoms. The second-order valence-corrected chi connectivity index (χ2v) is 4.23. The van der Waals surface area contributed by atoms with Crippen molar-refractivity contribution >= 4 is 0 Å². The summed E-state index contributed by atoms with van der Waals surface area (Å²) in [5, 5.41) is 0. The first-order valence-corrected chi connectivity index (χ1v) is 6.20. The molecule has 0 saturated carbocycles. The monoisotopic (exact) mass is 261 g/mol. The SMILES string of the molecule is COc1ccc(OCCc2nccn2C)c(CN)c1. The topological polar surface area (TPSA) is 62.3 Å². The van der Waals surface area contributed by atoms with E-state index in [1.807, 2.05) is 36.0 Å². The van der Waals surface area contributed by atoms with Crippen LogP contribution in [0.3, 0.4) is 0 Å². The Morgan fingerprint density at radius 3 is 2.84 bits per heavy atom. The maximum Gasteiger partial charge on any atom is 0.124 e. The summed E-state index contributed by atoms with van der Waals surface area (Å²) in [5.41, 5.74) is 6.66. The van der Waals surface area contributed by atoms with E-state index in [-0.39, 0.29) is 0 Å². The van der Waals surface area contributed by atoms with Gasteiger partial charge in [0.25, 0.3) is 0 Å². The molecule has 1 heterocycles. The van der Waals surface area contributed by atoms with Crippen LogP contribution in [-0.2, 0) is 20.0 Å². The molecule has 1 aromatic heterocycles. The number of aromatic nitrogens is 2. The van der Waals surface area contributed by atoms with Gasteiger partial charge in [0.15, 0.2) is 0 Å². The zero-order chi connectivity index (χ0) is 13.7. The van der Waals surface area contributed by atoms with Crippen LogP contribution in [-0.4, -0.2) is 23.3 Å². The first kappa shape index (κ1) is 13.4. The Balaban J connectivity index is 1.97. The molecule has 2 rings (SSSR count). The van der Waals surface area contributed by atoms with Crippen LogP contribution in [0.25, 0.3) is 0 Å². The molecule has 0 aliphatic heterocycles. The van der Waals surface area contributed by atoms with Crippen molar-refractivity contribution < 1.29 is 9.47 Å². The Bertz CT molecular complexity index is 537. The van der Waals surface area contributed by atoms with Crippen molar-refractivity contribution in [1.82, 2.24) is 9.55 Å². The second-order valence-electron chi connectivity index (χ2n) is 4.23. The number of aryl methyl sites for hydroxylation is 1. The fourth-order valence-electron chi connectivity index (χ4n) is 1.87. The Labute approximate surface area is 113 Å². The third-order valence-electron chi connectivity index (χ3n) is 2.99. The molecule has 0 atom stereocenters. The van der Waals surface area contributed by atoms with Crippen LogP contribution in [0.4, 0.5) is 0 Å². The summed E-state index contributed by atoms with van der Waals surface area (Å²) in [6.45, 7) is 0.999. The number of methoxy groups -OCH3 is 1. The minimum Gasteiger partial charge on any atom is -0.497 e. The highest BCUT2D eigenvalue weighted by Gasteiger charge is 2.05. The molecule has 102 valence electrons. The predicted octanol–water partition coefficient (Wildman–Crippen LogP) is 1.51. The minimum atomic E-state index is 0.426. The Kier molecular flexibility index (Phi) is 4.41. The van der Waals surface area contributed by atoms with E-state index in [1.165, 1.54) is 0 Å². The lowest BCUT2D eigenvalue weighted by molar-refractivity contribution is 0.313. The first-order valence-electron chi connectivity index (χ1n) is 6.20. The fourth-order valence-corrected chi connectivity index (χ4v) is 1.87. The standard InChI is InChI=1S/C14H19N3O2/c1-17-7-6-16-14(17)5-8-19-13-4-3-12(18-2)9-11(13)10-15/h3-4,6-7,9H,5,8,10,15H2,1-2H3. The number of rotatable bonds is 6. The summed E-state index contributed by atoms with van der Waals surface area (Å²) >= 11 is 0. The summed E-state index contributed by atoms with van der Waals surface area (Å²) in [4.78, 5) is 4.26. The van der Waals surface area contributed by atoms with Crippen LogP contribution in [0.1, 0.15) is 11.4 Å². The molecule has 0 aliphatic rings. The zero-order valence-electron chi connectivity index (χ0n) is 11.3. The lowest BCUT2D eigenvalue weighted by Crippen LogP contribution is -2.08. The summed E-state index contributed by atoms with van der Waals surface area (Å²) < 4.78 is 12.9. The van der Waals surface area contributed by atoms with Crippen molar-refractivity contribution in [2.24, 2.45) is 12.8 Å². The Morgan fingerprint density at radius 2 is 2.21 bits per heavy atom. The van der Waals surface area contributed by atoms with E-state index in [0.717, 1.165) is 29.3 Å². The molecule has 2 aromatic rings. The van der Waals surface area contributed by atoms with Gasteiger partial charge < -0.3 is 19.8 Å². The Morgan fingerprint density at radius 1 is 1.37 bits per heavy atom. The van der Waals surface area contributed by atoms with Gasteiger partial charge in [0.1, 0.15) is 17.3 Å². The molecular weight excluding hydrogens is 242 g/mol. The van der Waals surface area contributed by atoms with Crippen LogP contribution in [0.5, 0.6) is 11.5 Å². The number of imidazole rings is 1. The van der Waals surface area contributed by atoms with Gasteiger partial charge >= 0.3 is 0 Å². The van der Waals surface area contributed by atoms with Gasteiger partial charge in [-0.25, -0.2) is 4.98 Å². The van der Waals surface area contributed by atoms with Gasteiger partial charge in [-0.2, -0.15) is 0 Å². The van der Waals surface area contributed by atoms with E-state index >= 15 is 0 Å². The van der Waals surface area contributed by atoms with Gasteiger partial charge in [0.2, 0.25) is 0 Å². The molecule has 5 nitrogen and oxygen atoms in total. The Hall–Kier alpha value is -2.01. The molecule has 1 aromatic carbocycles. The van der Waals surface area contributed by atoms with Crippen molar-refractivity contribution in [1.29, 1.82) is 0 Å². The van der Waals surface area contributed by atoms with Crippen LogP contribution in [0, 0.1) is 0 Å². The van der Waals surface area contributed by atoms with E-state index in [2.05, 4.69) is 4.98 Å². The normalized spacial score (nSPS) is 10.5. The highest BCUT2D eigenvalue weighted by Crippen LogP contribution is 2.23. The molecule has 0 aliphatic carbocycles. The minimum absolute atomic E-state index is 0.426. The molecule has 0 bridgehead atoms. The molecule has 5 heteroatoms. The first-order chi connectivity index (χ1) is 9.24.